The van der Waals surface area contributed by atoms with Gasteiger partial charge in [0.2, 0.25) is 5.78 Å². The number of ketones is 2. The number of Topliss-reactive ketones (excluding diaryl/α,β-unsaturated/α-hetero) is 1. The molecule has 0 saturated heterocycles. The van der Waals surface area contributed by atoms with Crippen LogP contribution in [0.5, 0.6) is 0 Å². The molecule has 4 aliphatic carbocycles. The molecule has 9 nitrogen and oxygen atoms in total. The van der Waals surface area contributed by atoms with Gasteiger partial charge in [0.25, 0.3) is 10.1 Å². The summed E-state index contributed by atoms with van der Waals surface area (Å²) >= 11 is 0. The molecule has 0 aliphatic heterocycles. The largest absolute Gasteiger partial charge is 0.511 e. The van der Waals surface area contributed by atoms with Crippen molar-refractivity contribution in [2.24, 2.45) is 34.5 Å². The van der Waals surface area contributed by atoms with Crippen molar-refractivity contribution < 1.29 is 42.3 Å². The van der Waals surface area contributed by atoms with Crippen LogP contribution < -0.4 is 0 Å². The number of rotatable bonds is 6. The Morgan fingerprint density at radius 2 is 1.86 bits per heavy atom. The summed E-state index contributed by atoms with van der Waals surface area (Å²) in [7, 11) is -4.33. The summed E-state index contributed by atoms with van der Waals surface area (Å²) in [5.41, 5.74) is -2.16. The first kappa shape index (κ1) is 26.0. The molecule has 0 bridgehead atoms. The standard InChI is InChI=1S/C25H34O9S/c1-14-10-19-17-5-4-15-11-16(26)12-20(27)24(15,3)18(17)6-8-23(19,2)25(14,30)21(28)13-34-22(29)7-9-35(31,32)33/h11-12,14,17-19,27,30H,4-10,13H2,1-3H3,(H,31,32,33)/t14-,17-,18+,19+,23+,24+,25+/m1/s1. The fourth-order valence-electron chi connectivity index (χ4n) is 7.78. The van der Waals surface area contributed by atoms with E-state index in [4.69, 9.17) is 9.29 Å². The number of aliphatic hydroxyl groups excluding tert-OH is 1. The fraction of sp³-hybridized carbons (Fsp3) is 0.720. The lowest BCUT2D eigenvalue weighted by atomic mass is 9.46. The van der Waals surface area contributed by atoms with Gasteiger partial charge in [-0.25, -0.2) is 0 Å². The van der Waals surface area contributed by atoms with Crippen molar-refractivity contribution in [3.05, 3.63) is 23.5 Å². The van der Waals surface area contributed by atoms with Gasteiger partial charge in [0.1, 0.15) is 11.4 Å². The van der Waals surface area contributed by atoms with Gasteiger partial charge in [0, 0.05) is 16.9 Å². The van der Waals surface area contributed by atoms with E-state index in [1.807, 2.05) is 20.8 Å². The summed E-state index contributed by atoms with van der Waals surface area (Å²) in [5, 5.41) is 22.7. The van der Waals surface area contributed by atoms with Gasteiger partial charge in [-0.1, -0.05) is 19.4 Å². The van der Waals surface area contributed by atoms with E-state index in [0.717, 1.165) is 12.0 Å². The first-order valence-corrected chi connectivity index (χ1v) is 13.8. The molecule has 10 heteroatoms. The molecule has 0 spiro atoms. The van der Waals surface area contributed by atoms with Crippen LogP contribution in [-0.2, 0) is 29.2 Å². The van der Waals surface area contributed by atoms with Crippen molar-refractivity contribution in [3.8, 4) is 0 Å². The third-order valence-electron chi connectivity index (χ3n) is 9.65. The molecule has 3 saturated carbocycles. The first-order chi connectivity index (χ1) is 16.1. The Bertz CT molecular complexity index is 1120. The molecule has 7 atom stereocenters. The molecule has 0 amide bonds. The molecular formula is C25H34O9S. The molecule has 3 fully saturated rings. The van der Waals surface area contributed by atoms with Crippen molar-refractivity contribution in [1.82, 2.24) is 0 Å². The van der Waals surface area contributed by atoms with Gasteiger partial charge in [0.05, 0.1) is 12.2 Å². The maximum atomic E-state index is 13.3. The Balaban J connectivity index is 1.54. The quantitative estimate of drug-likeness (QED) is 0.361. The number of carbonyl (C=O) groups is 3. The van der Waals surface area contributed by atoms with Crippen molar-refractivity contribution >= 4 is 27.7 Å². The summed E-state index contributed by atoms with van der Waals surface area (Å²) < 4.78 is 35.4. The van der Waals surface area contributed by atoms with Crippen LogP contribution in [0.3, 0.4) is 0 Å². The van der Waals surface area contributed by atoms with E-state index in [1.165, 1.54) is 6.08 Å². The zero-order chi connectivity index (χ0) is 26.0. The lowest BCUT2D eigenvalue weighted by Crippen LogP contribution is -2.59. The number of fused-ring (bicyclic) bond motifs is 5. The Hall–Kier alpha value is -2.04. The van der Waals surface area contributed by atoms with Crippen molar-refractivity contribution in [2.75, 3.05) is 12.4 Å². The number of aliphatic hydroxyl groups is 2. The zero-order valence-corrected chi connectivity index (χ0v) is 21.1. The van der Waals surface area contributed by atoms with Crippen LogP contribution in [0.1, 0.15) is 59.3 Å². The summed E-state index contributed by atoms with van der Waals surface area (Å²) in [4.78, 5) is 37.2. The molecule has 4 rings (SSSR count). The fourth-order valence-corrected chi connectivity index (χ4v) is 8.20. The Morgan fingerprint density at radius 3 is 2.51 bits per heavy atom. The lowest BCUT2D eigenvalue weighted by Gasteiger charge is -2.58. The molecule has 0 aromatic rings. The number of carbonyl (C=O) groups excluding carboxylic acids is 3. The molecule has 4 aliphatic rings. The minimum absolute atomic E-state index is 0.00392. The van der Waals surface area contributed by atoms with Gasteiger partial charge >= 0.3 is 5.97 Å². The molecule has 194 valence electrons. The van der Waals surface area contributed by atoms with Gasteiger partial charge in [-0.15, -0.1) is 0 Å². The van der Waals surface area contributed by atoms with Crippen molar-refractivity contribution in [3.63, 3.8) is 0 Å². The zero-order valence-electron chi connectivity index (χ0n) is 20.3. The number of ether oxygens (including phenoxy) is 1. The van der Waals surface area contributed by atoms with Crippen LogP contribution in [0.2, 0.25) is 0 Å². The predicted octanol–water partition coefficient (Wildman–Crippen LogP) is 2.55. The predicted molar refractivity (Wildman–Crippen MR) is 125 cm³/mol. The summed E-state index contributed by atoms with van der Waals surface area (Å²) in [6.45, 7) is 5.06. The minimum Gasteiger partial charge on any atom is -0.511 e. The average Bonchev–Trinajstić information content (AvgIpc) is 2.98. The van der Waals surface area contributed by atoms with Crippen LogP contribution in [0, 0.1) is 34.5 Å². The molecule has 3 N–H and O–H groups in total. The maximum Gasteiger partial charge on any atom is 0.307 e. The number of allylic oxidation sites excluding steroid dienone is 3. The second-order valence-corrected chi connectivity index (χ2v) is 12.8. The molecular weight excluding hydrogens is 476 g/mol. The Kier molecular flexibility index (Phi) is 6.34. The number of esters is 1. The van der Waals surface area contributed by atoms with E-state index >= 15 is 0 Å². The van der Waals surface area contributed by atoms with Crippen LogP contribution in [-0.4, -0.2) is 58.7 Å². The summed E-state index contributed by atoms with van der Waals surface area (Å²) in [5.74, 6) is -2.62. The van der Waals surface area contributed by atoms with Gasteiger partial charge < -0.3 is 14.9 Å². The highest BCUT2D eigenvalue weighted by molar-refractivity contribution is 7.85. The van der Waals surface area contributed by atoms with Crippen LogP contribution in [0.4, 0.5) is 0 Å². The molecule has 0 heterocycles. The van der Waals surface area contributed by atoms with Gasteiger partial charge in [-0.05, 0) is 68.8 Å². The van der Waals surface area contributed by atoms with E-state index in [9.17, 15) is 33.0 Å². The van der Waals surface area contributed by atoms with Crippen molar-refractivity contribution in [1.29, 1.82) is 0 Å². The van der Waals surface area contributed by atoms with Crippen molar-refractivity contribution in [2.45, 2.75) is 64.9 Å². The molecule has 0 aromatic heterocycles. The second-order valence-electron chi connectivity index (χ2n) is 11.2. The highest BCUT2D eigenvalue weighted by atomic mass is 32.2. The van der Waals surface area contributed by atoms with E-state index in [2.05, 4.69) is 0 Å². The maximum absolute atomic E-state index is 13.3. The topological polar surface area (TPSA) is 155 Å². The van der Waals surface area contributed by atoms with Crippen LogP contribution >= 0.6 is 0 Å². The van der Waals surface area contributed by atoms with E-state index in [0.29, 0.717) is 25.7 Å². The monoisotopic (exact) mass is 510 g/mol. The minimum atomic E-state index is -4.33. The number of hydrogen-bond donors (Lipinski definition) is 3. The van der Waals surface area contributed by atoms with Crippen LogP contribution in [0.15, 0.2) is 23.5 Å². The number of hydrogen-bond acceptors (Lipinski definition) is 8. The van der Waals surface area contributed by atoms with Gasteiger partial charge in [-0.2, -0.15) is 8.42 Å². The smallest absolute Gasteiger partial charge is 0.307 e. The third kappa shape index (κ3) is 3.97. The van der Waals surface area contributed by atoms with E-state index in [-0.39, 0.29) is 35.2 Å². The normalized spacial score (nSPS) is 40.7. The summed E-state index contributed by atoms with van der Waals surface area (Å²) in [6.07, 6.45) is 5.62. The molecule has 0 aromatic carbocycles. The Labute approximate surface area is 205 Å². The van der Waals surface area contributed by atoms with E-state index in [1.54, 1.807) is 6.08 Å². The Morgan fingerprint density at radius 1 is 1.17 bits per heavy atom. The van der Waals surface area contributed by atoms with Gasteiger partial charge in [0.15, 0.2) is 12.4 Å². The molecule has 0 radical (unpaired) electrons. The summed E-state index contributed by atoms with van der Waals surface area (Å²) in [6, 6.07) is 0. The highest BCUT2D eigenvalue weighted by Gasteiger charge is 2.69. The van der Waals surface area contributed by atoms with Crippen LogP contribution in [0.25, 0.3) is 0 Å². The highest BCUT2D eigenvalue weighted by Crippen LogP contribution is 2.68. The molecule has 35 heavy (non-hydrogen) atoms. The first-order valence-electron chi connectivity index (χ1n) is 12.2. The van der Waals surface area contributed by atoms with E-state index < -0.39 is 57.1 Å². The average molecular weight is 511 g/mol. The third-order valence-corrected chi connectivity index (χ3v) is 10.4. The molecule has 0 unspecified atom stereocenters. The van der Waals surface area contributed by atoms with Gasteiger partial charge in [-0.3, -0.25) is 18.9 Å². The second kappa shape index (κ2) is 8.52. The lowest BCUT2D eigenvalue weighted by molar-refractivity contribution is -0.174. The SMILES string of the molecule is C[C@@H]1C[C@H]2[C@@H]3CCC4=CC(=O)C=C(O)[C@]4(C)[C@H]3CC[C@]2(C)[C@@]1(O)C(=O)COC(=O)CCS(=O)(=O)O.